The van der Waals surface area contributed by atoms with Crippen molar-refractivity contribution in [1.82, 2.24) is 9.97 Å². The smallest absolute Gasteiger partial charge is 0.374 e. The average Bonchev–Trinajstić information content (AvgIpc) is 2.81. The summed E-state index contributed by atoms with van der Waals surface area (Å²) in [7, 11) is 0. The number of fused-ring (bicyclic) bond motifs is 1. The van der Waals surface area contributed by atoms with Crippen LogP contribution in [0.3, 0.4) is 0 Å². The Morgan fingerprint density at radius 2 is 2.05 bits per heavy atom. The fourth-order valence-electron chi connectivity index (χ4n) is 2.44. The summed E-state index contributed by atoms with van der Waals surface area (Å²) in [6, 6.07) is 0. The second-order valence-corrected chi connectivity index (χ2v) is 6.36. The molecule has 0 saturated carbocycles. The Hall–Kier alpha value is -1.69. The maximum atomic E-state index is 12.2. The molecule has 0 bridgehead atoms. The van der Waals surface area contributed by atoms with Gasteiger partial charge in [0.25, 0.3) is 5.56 Å². The minimum Gasteiger partial charge on any atom is -0.460 e. The number of aromatic nitrogens is 2. The molecule has 0 amide bonds. The first kappa shape index (κ1) is 16.7. The summed E-state index contributed by atoms with van der Waals surface area (Å²) in [5.41, 5.74) is 0.724. The predicted octanol–water partition coefficient (Wildman–Crippen LogP) is 3.59. The normalized spacial score (nSPS) is 11.0. The van der Waals surface area contributed by atoms with E-state index in [-0.39, 0.29) is 18.0 Å². The highest BCUT2D eigenvalue weighted by molar-refractivity contribution is 7.18. The number of hydrogen-bond acceptors (Lipinski definition) is 5. The number of thiophene rings is 1. The third kappa shape index (κ3) is 3.55. The number of nitrogens with zero attached hydrogens (tertiary/aromatic N) is 1. The van der Waals surface area contributed by atoms with Crippen LogP contribution in [0.2, 0.25) is 0 Å². The summed E-state index contributed by atoms with van der Waals surface area (Å²) < 4.78 is 4.89. The molecule has 0 unspecified atom stereocenters. The van der Waals surface area contributed by atoms with E-state index >= 15 is 0 Å². The molecule has 0 aliphatic carbocycles. The summed E-state index contributed by atoms with van der Waals surface area (Å²) >= 11 is 1.51. The molecule has 1 N–H and O–H groups in total. The number of rotatable bonds is 7. The molecule has 6 heteroatoms. The fraction of sp³-hybridized carbons (Fsp3) is 0.562. The number of aromatic amines is 1. The Bertz CT molecular complexity index is 718. The van der Waals surface area contributed by atoms with Crippen LogP contribution in [0.1, 0.15) is 60.6 Å². The van der Waals surface area contributed by atoms with Crippen LogP contribution in [-0.4, -0.2) is 22.5 Å². The van der Waals surface area contributed by atoms with E-state index in [0.717, 1.165) is 18.4 Å². The van der Waals surface area contributed by atoms with Gasteiger partial charge in [0.05, 0.1) is 12.0 Å². The summed E-state index contributed by atoms with van der Waals surface area (Å²) in [5, 5.41) is 0.600. The highest BCUT2D eigenvalue weighted by Gasteiger charge is 2.17. The first-order chi connectivity index (χ1) is 10.6. The molecule has 0 aromatic carbocycles. The lowest BCUT2D eigenvalue weighted by Gasteiger charge is -2.00. The summed E-state index contributed by atoms with van der Waals surface area (Å²) in [6.45, 7) is 6.12. The molecule has 2 aromatic heterocycles. The quantitative estimate of drug-likeness (QED) is 0.624. The van der Waals surface area contributed by atoms with Gasteiger partial charge in [0.1, 0.15) is 4.83 Å². The van der Waals surface area contributed by atoms with E-state index < -0.39 is 5.97 Å². The van der Waals surface area contributed by atoms with Crippen molar-refractivity contribution in [3.05, 3.63) is 26.6 Å². The Kier molecular flexibility index (Phi) is 5.71. The van der Waals surface area contributed by atoms with Gasteiger partial charge in [0.2, 0.25) is 5.82 Å². The monoisotopic (exact) mass is 322 g/mol. The first-order valence-corrected chi connectivity index (χ1v) is 8.59. The Morgan fingerprint density at radius 3 is 2.73 bits per heavy atom. The number of hydrogen-bond donors (Lipinski definition) is 1. The molecule has 5 nitrogen and oxygen atoms in total. The van der Waals surface area contributed by atoms with Gasteiger partial charge in [-0.1, -0.05) is 26.2 Å². The molecule has 0 aliphatic heterocycles. The molecule has 0 atom stereocenters. The van der Waals surface area contributed by atoms with Crippen LogP contribution in [-0.2, 0) is 11.2 Å². The molecular formula is C16H22N2O3S. The van der Waals surface area contributed by atoms with Gasteiger partial charge in [0, 0.05) is 4.88 Å². The number of ether oxygens (including phenoxy) is 1. The van der Waals surface area contributed by atoms with Crippen molar-refractivity contribution in [2.24, 2.45) is 0 Å². The van der Waals surface area contributed by atoms with Crippen LogP contribution in [0.5, 0.6) is 0 Å². The van der Waals surface area contributed by atoms with Crippen LogP contribution in [0.15, 0.2) is 4.79 Å². The van der Waals surface area contributed by atoms with Crippen LogP contribution in [0.4, 0.5) is 0 Å². The summed E-state index contributed by atoms with van der Waals surface area (Å²) in [4.78, 5) is 32.6. The Balaban J connectivity index is 2.31. The lowest BCUT2D eigenvalue weighted by Crippen LogP contribution is -2.17. The van der Waals surface area contributed by atoms with Crippen molar-refractivity contribution < 1.29 is 9.53 Å². The summed E-state index contributed by atoms with van der Waals surface area (Å²) in [6.07, 6.45) is 5.71. The predicted molar refractivity (Wildman–Crippen MR) is 88.8 cm³/mol. The molecule has 0 spiro atoms. The van der Waals surface area contributed by atoms with E-state index in [1.165, 1.54) is 35.5 Å². The standard InChI is InChI=1S/C16H22N2O3S/c1-4-6-7-8-9-11-10(3)12-14(19)17-13(16(20)21-5-2)18-15(12)22-11/h4-9H2,1-3H3,(H,17,18,19). The van der Waals surface area contributed by atoms with E-state index in [1.807, 2.05) is 6.92 Å². The minimum atomic E-state index is -0.586. The van der Waals surface area contributed by atoms with E-state index in [9.17, 15) is 9.59 Å². The molecule has 0 aliphatic rings. The second kappa shape index (κ2) is 7.54. The SMILES string of the molecule is CCCCCCc1sc2nc(C(=O)OCC)[nH]c(=O)c2c1C. The molecule has 2 rings (SSSR count). The van der Waals surface area contributed by atoms with Gasteiger partial charge >= 0.3 is 5.97 Å². The lowest BCUT2D eigenvalue weighted by molar-refractivity contribution is 0.0512. The highest BCUT2D eigenvalue weighted by Crippen LogP contribution is 2.28. The van der Waals surface area contributed by atoms with E-state index in [0.29, 0.717) is 10.2 Å². The van der Waals surface area contributed by atoms with E-state index in [1.54, 1.807) is 6.92 Å². The fourth-order valence-corrected chi connectivity index (χ4v) is 3.66. The topological polar surface area (TPSA) is 72.0 Å². The summed E-state index contributed by atoms with van der Waals surface area (Å²) in [5.74, 6) is -0.602. The van der Waals surface area contributed by atoms with Gasteiger partial charge in [-0.3, -0.25) is 4.79 Å². The molecule has 2 aromatic rings. The van der Waals surface area contributed by atoms with Crippen LogP contribution >= 0.6 is 11.3 Å². The number of nitrogens with one attached hydrogen (secondary N) is 1. The molecule has 0 radical (unpaired) electrons. The number of carbonyl (C=O) groups is 1. The van der Waals surface area contributed by atoms with Gasteiger partial charge in [-0.2, -0.15) is 0 Å². The van der Waals surface area contributed by atoms with Crippen LogP contribution < -0.4 is 5.56 Å². The average molecular weight is 322 g/mol. The maximum Gasteiger partial charge on any atom is 0.374 e. The molecule has 2 heterocycles. The lowest BCUT2D eigenvalue weighted by atomic mass is 10.1. The van der Waals surface area contributed by atoms with Crippen molar-refractivity contribution in [2.75, 3.05) is 6.61 Å². The van der Waals surface area contributed by atoms with Gasteiger partial charge in [-0.05, 0) is 32.3 Å². The van der Waals surface area contributed by atoms with Gasteiger partial charge < -0.3 is 9.72 Å². The van der Waals surface area contributed by atoms with Crippen molar-refractivity contribution in [3.63, 3.8) is 0 Å². The zero-order chi connectivity index (χ0) is 16.1. The molecule has 120 valence electrons. The number of esters is 1. The van der Waals surface area contributed by atoms with E-state index in [2.05, 4.69) is 16.9 Å². The second-order valence-electron chi connectivity index (χ2n) is 5.28. The molecule has 0 saturated heterocycles. The zero-order valence-corrected chi connectivity index (χ0v) is 14.1. The number of unbranched alkanes of at least 4 members (excludes halogenated alkanes) is 3. The third-order valence-corrected chi connectivity index (χ3v) is 4.87. The van der Waals surface area contributed by atoms with Crippen molar-refractivity contribution >= 4 is 27.5 Å². The number of carbonyl (C=O) groups excluding carboxylic acids is 1. The van der Waals surface area contributed by atoms with Crippen molar-refractivity contribution in [2.45, 2.75) is 52.9 Å². The third-order valence-electron chi connectivity index (χ3n) is 3.63. The van der Waals surface area contributed by atoms with Crippen molar-refractivity contribution in [3.8, 4) is 0 Å². The van der Waals surface area contributed by atoms with Crippen molar-refractivity contribution in [1.29, 1.82) is 0 Å². The minimum absolute atomic E-state index is 0.0156. The highest BCUT2D eigenvalue weighted by atomic mass is 32.1. The van der Waals surface area contributed by atoms with Crippen LogP contribution in [0.25, 0.3) is 10.2 Å². The number of aryl methyl sites for hydroxylation is 2. The largest absolute Gasteiger partial charge is 0.460 e. The van der Waals surface area contributed by atoms with Gasteiger partial charge in [-0.15, -0.1) is 11.3 Å². The first-order valence-electron chi connectivity index (χ1n) is 7.77. The van der Waals surface area contributed by atoms with Gasteiger partial charge in [0.15, 0.2) is 0 Å². The Labute approximate surface area is 133 Å². The molecule has 0 fully saturated rings. The number of H-pyrrole nitrogens is 1. The molecule has 22 heavy (non-hydrogen) atoms. The maximum absolute atomic E-state index is 12.2. The van der Waals surface area contributed by atoms with Crippen LogP contribution in [0, 0.1) is 6.92 Å². The Morgan fingerprint density at radius 1 is 1.27 bits per heavy atom. The molecular weight excluding hydrogens is 300 g/mol. The zero-order valence-electron chi connectivity index (χ0n) is 13.3. The van der Waals surface area contributed by atoms with Gasteiger partial charge in [-0.25, -0.2) is 9.78 Å². The van der Waals surface area contributed by atoms with E-state index in [4.69, 9.17) is 4.74 Å².